The summed E-state index contributed by atoms with van der Waals surface area (Å²) >= 11 is 1.81. The zero-order valence-corrected chi connectivity index (χ0v) is 30.2. The van der Waals surface area contributed by atoms with Gasteiger partial charge in [-0.2, -0.15) is 0 Å². The van der Waals surface area contributed by atoms with E-state index in [4.69, 9.17) is 4.42 Å². The normalized spacial score (nSPS) is 12.6. The zero-order chi connectivity index (χ0) is 34.4. The van der Waals surface area contributed by atoms with Crippen molar-refractivity contribution in [2.75, 3.05) is 4.90 Å². The Morgan fingerprint density at radius 2 is 1.28 bits per heavy atom. The lowest BCUT2D eigenvalue weighted by molar-refractivity contribution is 0.590. The van der Waals surface area contributed by atoms with E-state index in [9.17, 15) is 0 Å². The number of anilines is 3. The van der Waals surface area contributed by atoms with Gasteiger partial charge in [-0.1, -0.05) is 102 Å². The number of thiophene rings is 1. The summed E-state index contributed by atoms with van der Waals surface area (Å²) in [6, 6.07) is 46.6. The molecule has 0 saturated heterocycles. The molecule has 9 aromatic rings. The Morgan fingerprint density at radius 3 is 2.06 bits per heavy atom. The predicted molar refractivity (Wildman–Crippen MR) is 216 cm³/mol. The summed E-state index contributed by atoms with van der Waals surface area (Å²) in [6.07, 6.45) is 0. The summed E-state index contributed by atoms with van der Waals surface area (Å²) in [5.74, 6) is 0. The number of hydrogen-bond donors (Lipinski definition) is 0. The van der Waals surface area contributed by atoms with Gasteiger partial charge in [0.2, 0.25) is 0 Å². The predicted octanol–water partition coefficient (Wildman–Crippen LogP) is 14.0. The van der Waals surface area contributed by atoms with Crippen LogP contribution >= 0.6 is 11.3 Å². The molecule has 0 atom stereocenters. The maximum absolute atomic E-state index is 6.40. The first-order valence-electron chi connectivity index (χ1n) is 17.4. The number of hydrogen-bond acceptors (Lipinski definition) is 3. The van der Waals surface area contributed by atoms with E-state index in [0.29, 0.717) is 0 Å². The first kappa shape index (κ1) is 30.7. The van der Waals surface area contributed by atoms with Crippen molar-refractivity contribution in [3.63, 3.8) is 0 Å². The topological polar surface area (TPSA) is 21.3 Å². The lowest BCUT2D eigenvalue weighted by Crippen LogP contribution is -2.13. The highest BCUT2D eigenvalue weighted by atomic mass is 32.1. The second kappa shape index (κ2) is 11.1. The van der Waals surface area contributed by atoms with Gasteiger partial charge >= 0.3 is 0 Å². The van der Waals surface area contributed by atoms with Crippen LogP contribution in [-0.4, -0.2) is 4.57 Å². The number of fused-ring (bicyclic) bond motifs is 8. The van der Waals surface area contributed by atoms with Crippen LogP contribution in [0.3, 0.4) is 0 Å². The fraction of sp³-hybridized carbons (Fsp3) is 0.174. The Balaban J connectivity index is 1.31. The molecule has 0 amide bonds. The first-order valence-corrected chi connectivity index (χ1v) is 18.3. The van der Waals surface area contributed by atoms with Crippen LogP contribution in [-0.2, 0) is 10.8 Å². The van der Waals surface area contributed by atoms with Crippen LogP contribution < -0.4 is 4.90 Å². The maximum atomic E-state index is 6.40. The summed E-state index contributed by atoms with van der Waals surface area (Å²) in [7, 11) is 0. The molecule has 0 aliphatic heterocycles. The van der Waals surface area contributed by atoms with E-state index >= 15 is 0 Å². The van der Waals surface area contributed by atoms with Gasteiger partial charge in [0, 0.05) is 48.7 Å². The molecular formula is C46H40N2OS. The van der Waals surface area contributed by atoms with E-state index in [1.807, 2.05) is 17.4 Å². The molecule has 0 unspecified atom stereocenters. The molecule has 246 valence electrons. The van der Waals surface area contributed by atoms with Gasteiger partial charge in [-0.3, -0.25) is 0 Å². The molecule has 3 nitrogen and oxygen atoms in total. The molecule has 9 rings (SSSR count). The summed E-state index contributed by atoms with van der Waals surface area (Å²) < 4.78 is 10.1. The fourth-order valence-corrected chi connectivity index (χ4v) is 8.41. The Kier molecular flexibility index (Phi) is 6.82. The zero-order valence-electron chi connectivity index (χ0n) is 29.4. The van der Waals surface area contributed by atoms with Crippen LogP contribution in [0.2, 0.25) is 0 Å². The van der Waals surface area contributed by atoms with Gasteiger partial charge in [-0.25, -0.2) is 0 Å². The molecule has 0 radical (unpaired) electrons. The molecule has 0 spiro atoms. The molecule has 0 N–H and O–H groups in total. The van der Waals surface area contributed by atoms with Crippen molar-refractivity contribution in [1.82, 2.24) is 4.57 Å². The van der Waals surface area contributed by atoms with Crippen molar-refractivity contribution >= 4 is 82.2 Å². The highest BCUT2D eigenvalue weighted by Crippen LogP contribution is 2.45. The van der Waals surface area contributed by atoms with Gasteiger partial charge in [0.05, 0.1) is 22.1 Å². The van der Waals surface area contributed by atoms with Gasteiger partial charge in [-0.15, -0.1) is 11.3 Å². The standard InChI is InChI=1S/C46H40N2OS/c1-45(2,3)29-18-21-31(22-19-29)47(39-28-50-42-25-20-30(26-37(39)42)46(4,5)6)32-12-11-13-33(27-32)48-38-16-9-7-14-34(38)35-23-24-41-43(44(35)48)36-15-8-10-17-40(36)49-41/h7-28H,1-6H3. The number of benzene rings is 6. The summed E-state index contributed by atoms with van der Waals surface area (Å²) in [6.45, 7) is 13.7. The van der Waals surface area contributed by atoms with Gasteiger partial charge in [0.25, 0.3) is 0 Å². The van der Waals surface area contributed by atoms with E-state index < -0.39 is 0 Å². The van der Waals surface area contributed by atoms with Crippen LogP contribution in [0.4, 0.5) is 17.1 Å². The van der Waals surface area contributed by atoms with Crippen molar-refractivity contribution < 1.29 is 4.42 Å². The first-order chi connectivity index (χ1) is 24.1. The minimum atomic E-state index is 0.0472. The average Bonchev–Trinajstić information content (AvgIpc) is 3.79. The summed E-state index contributed by atoms with van der Waals surface area (Å²) in [5.41, 5.74) is 11.5. The van der Waals surface area contributed by atoms with Crippen molar-refractivity contribution in [3.05, 3.63) is 144 Å². The molecule has 6 aromatic carbocycles. The number of aromatic nitrogens is 1. The lowest BCUT2D eigenvalue weighted by Gasteiger charge is -2.27. The number of furan rings is 1. The highest BCUT2D eigenvalue weighted by Gasteiger charge is 2.23. The van der Waals surface area contributed by atoms with Crippen LogP contribution in [0.1, 0.15) is 52.7 Å². The second-order valence-electron chi connectivity index (χ2n) is 15.5. The molecule has 3 heterocycles. The largest absolute Gasteiger partial charge is 0.456 e. The SMILES string of the molecule is CC(C)(C)c1ccc(N(c2cccc(-n3c4ccccc4c4ccc5oc6ccccc6c5c43)c2)c2csc3ccc(C(C)(C)C)cc23)cc1. The third kappa shape index (κ3) is 4.85. The number of nitrogens with zero attached hydrogens (tertiary/aromatic N) is 2. The van der Waals surface area contributed by atoms with E-state index in [-0.39, 0.29) is 10.8 Å². The van der Waals surface area contributed by atoms with Gasteiger partial charge < -0.3 is 13.9 Å². The minimum absolute atomic E-state index is 0.0472. The van der Waals surface area contributed by atoms with Crippen molar-refractivity contribution in [3.8, 4) is 5.69 Å². The molecule has 50 heavy (non-hydrogen) atoms. The van der Waals surface area contributed by atoms with Crippen LogP contribution in [0.15, 0.2) is 137 Å². The smallest absolute Gasteiger partial charge is 0.137 e. The third-order valence-electron chi connectivity index (χ3n) is 10.2. The number of rotatable bonds is 4. The second-order valence-corrected chi connectivity index (χ2v) is 16.4. The molecule has 0 aliphatic rings. The summed E-state index contributed by atoms with van der Waals surface area (Å²) in [4.78, 5) is 2.44. The molecule has 4 heteroatoms. The molecule has 0 aliphatic carbocycles. The molecule has 3 aromatic heterocycles. The molecule has 0 fully saturated rings. The fourth-order valence-electron chi connectivity index (χ4n) is 7.50. The molecule has 0 bridgehead atoms. The average molecular weight is 669 g/mol. The van der Waals surface area contributed by atoms with Crippen molar-refractivity contribution in [2.24, 2.45) is 0 Å². The molecular weight excluding hydrogens is 629 g/mol. The van der Waals surface area contributed by atoms with E-state index in [0.717, 1.165) is 39.0 Å². The Labute approximate surface area is 297 Å². The van der Waals surface area contributed by atoms with Crippen LogP contribution in [0, 0.1) is 0 Å². The number of para-hydroxylation sites is 2. The Morgan fingerprint density at radius 1 is 0.560 bits per heavy atom. The maximum Gasteiger partial charge on any atom is 0.137 e. The lowest BCUT2D eigenvalue weighted by atomic mass is 9.86. The van der Waals surface area contributed by atoms with Gasteiger partial charge in [0.15, 0.2) is 0 Å². The Bertz CT molecular complexity index is 2730. The van der Waals surface area contributed by atoms with E-state index in [1.165, 1.54) is 48.7 Å². The van der Waals surface area contributed by atoms with Crippen molar-refractivity contribution in [1.29, 1.82) is 0 Å². The van der Waals surface area contributed by atoms with Crippen LogP contribution in [0.5, 0.6) is 0 Å². The third-order valence-corrected chi connectivity index (χ3v) is 11.1. The monoisotopic (exact) mass is 668 g/mol. The van der Waals surface area contributed by atoms with E-state index in [1.54, 1.807) is 0 Å². The minimum Gasteiger partial charge on any atom is -0.456 e. The Hall–Kier alpha value is -5.32. The van der Waals surface area contributed by atoms with Gasteiger partial charge in [-0.05, 0) is 88.7 Å². The quantitative estimate of drug-likeness (QED) is 0.186. The summed E-state index contributed by atoms with van der Waals surface area (Å²) in [5, 5.41) is 8.33. The molecule has 0 saturated carbocycles. The van der Waals surface area contributed by atoms with Crippen molar-refractivity contribution in [2.45, 2.75) is 52.4 Å². The van der Waals surface area contributed by atoms with E-state index in [2.05, 4.69) is 178 Å². The highest BCUT2D eigenvalue weighted by molar-refractivity contribution is 7.17. The van der Waals surface area contributed by atoms with Crippen LogP contribution in [0.25, 0.3) is 59.5 Å². The van der Waals surface area contributed by atoms with Gasteiger partial charge in [0.1, 0.15) is 11.2 Å².